The highest BCUT2D eigenvalue weighted by Crippen LogP contribution is 2.12. The highest BCUT2D eigenvalue weighted by atomic mass is 16.6. The molecule has 0 radical (unpaired) electrons. The van der Waals surface area contributed by atoms with Crippen molar-refractivity contribution in [3.8, 4) is 12.3 Å². The van der Waals surface area contributed by atoms with Crippen molar-refractivity contribution >= 4 is 17.7 Å². The Bertz CT molecular complexity index is 592. The molecule has 0 bridgehead atoms. The molecule has 2 N–H and O–H groups in total. The zero-order valence-electron chi connectivity index (χ0n) is 14.3. The van der Waals surface area contributed by atoms with Crippen LogP contribution in [-0.2, 0) is 9.53 Å². The second-order valence-electron chi connectivity index (χ2n) is 6.58. The fourth-order valence-corrected chi connectivity index (χ4v) is 1.84. The number of benzene rings is 1. The van der Waals surface area contributed by atoms with Crippen LogP contribution in [0.1, 0.15) is 40.2 Å². The standard InChI is InChI=1S/C18H24N2O3/c1-7-13-8-10-14(11-9-13)19-16(21)15(12(2)3)20-17(22)23-18(4,5)6/h1,8-12,15H,2-6H3,(H,19,21)(H,20,22)/t15-/m1/s1. The van der Waals surface area contributed by atoms with Crippen LogP contribution >= 0.6 is 0 Å². The molecule has 0 unspecified atom stereocenters. The molecule has 23 heavy (non-hydrogen) atoms. The molecule has 0 heterocycles. The molecule has 124 valence electrons. The van der Waals surface area contributed by atoms with Crippen LogP contribution in [0.15, 0.2) is 24.3 Å². The monoisotopic (exact) mass is 316 g/mol. The number of anilines is 1. The number of carbonyl (C=O) groups excluding carboxylic acids is 2. The maximum atomic E-state index is 12.4. The molecule has 0 aliphatic rings. The molecular weight excluding hydrogens is 292 g/mol. The van der Waals surface area contributed by atoms with E-state index in [-0.39, 0.29) is 11.8 Å². The van der Waals surface area contributed by atoms with Gasteiger partial charge >= 0.3 is 6.09 Å². The van der Waals surface area contributed by atoms with Gasteiger partial charge in [0.1, 0.15) is 11.6 Å². The van der Waals surface area contributed by atoms with Crippen molar-refractivity contribution in [2.24, 2.45) is 5.92 Å². The molecule has 5 heteroatoms. The van der Waals surface area contributed by atoms with Gasteiger partial charge in [-0.1, -0.05) is 19.8 Å². The van der Waals surface area contributed by atoms with Crippen LogP contribution < -0.4 is 10.6 Å². The fourth-order valence-electron chi connectivity index (χ4n) is 1.84. The number of hydrogen-bond donors (Lipinski definition) is 2. The van der Waals surface area contributed by atoms with Crippen LogP contribution in [0.4, 0.5) is 10.5 Å². The summed E-state index contributed by atoms with van der Waals surface area (Å²) in [5.74, 6) is 2.11. The Labute approximate surface area is 137 Å². The summed E-state index contributed by atoms with van der Waals surface area (Å²) in [6.07, 6.45) is 4.68. The zero-order valence-corrected chi connectivity index (χ0v) is 14.3. The normalized spacial score (nSPS) is 12.2. The van der Waals surface area contributed by atoms with Gasteiger partial charge in [0.15, 0.2) is 0 Å². The van der Waals surface area contributed by atoms with Gasteiger partial charge in [-0.05, 0) is 51.0 Å². The van der Waals surface area contributed by atoms with E-state index < -0.39 is 17.7 Å². The predicted octanol–water partition coefficient (Wildman–Crippen LogP) is 3.16. The number of ether oxygens (including phenoxy) is 1. The lowest BCUT2D eigenvalue weighted by Gasteiger charge is -2.25. The Kier molecular flexibility index (Phi) is 6.20. The molecule has 5 nitrogen and oxygen atoms in total. The van der Waals surface area contributed by atoms with E-state index in [0.717, 1.165) is 5.56 Å². The van der Waals surface area contributed by atoms with Gasteiger partial charge in [-0.25, -0.2) is 4.79 Å². The average Bonchev–Trinajstić information content (AvgIpc) is 2.43. The summed E-state index contributed by atoms with van der Waals surface area (Å²) in [4.78, 5) is 24.3. The first-order valence-electron chi connectivity index (χ1n) is 7.49. The predicted molar refractivity (Wildman–Crippen MR) is 91.0 cm³/mol. The third-order valence-corrected chi connectivity index (χ3v) is 2.94. The first-order valence-corrected chi connectivity index (χ1v) is 7.49. The molecule has 0 aromatic heterocycles. The fraction of sp³-hybridized carbons (Fsp3) is 0.444. The van der Waals surface area contributed by atoms with Gasteiger partial charge in [-0.15, -0.1) is 6.42 Å². The van der Waals surface area contributed by atoms with E-state index in [1.54, 1.807) is 45.0 Å². The van der Waals surface area contributed by atoms with Gasteiger partial charge in [0.2, 0.25) is 5.91 Å². The van der Waals surface area contributed by atoms with E-state index in [1.165, 1.54) is 0 Å². The van der Waals surface area contributed by atoms with Crippen LogP contribution in [0.2, 0.25) is 0 Å². The van der Waals surface area contributed by atoms with Crippen LogP contribution in [0.3, 0.4) is 0 Å². The lowest BCUT2D eigenvalue weighted by molar-refractivity contribution is -0.119. The Balaban J connectivity index is 2.74. The lowest BCUT2D eigenvalue weighted by Crippen LogP contribution is -2.48. The van der Waals surface area contributed by atoms with Gasteiger partial charge in [-0.3, -0.25) is 4.79 Å². The maximum absolute atomic E-state index is 12.4. The molecule has 1 aromatic rings. The number of terminal acetylenes is 1. The summed E-state index contributed by atoms with van der Waals surface area (Å²) < 4.78 is 5.20. The molecule has 0 aliphatic heterocycles. The van der Waals surface area contributed by atoms with Crippen molar-refractivity contribution in [2.45, 2.75) is 46.3 Å². The minimum Gasteiger partial charge on any atom is -0.444 e. The van der Waals surface area contributed by atoms with Crippen molar-refractivity contribution in [3.05, 3.63) is 29.8 Å². The molecule has 0 spiro atoms. The van der Waals surface area contributed by atoms with Crippen LogP contribution in [0.5, 0.6) is 0 Å². The number of carbonyl (C=O) groups is 2. The highest BCUT2D eigenvalue weighted by Gasteiger charge is 2.26. The second-order valence-corrected chi connectivity index (χ2v) is 6.58. The van der Waals surface area contributed by atoms with Crippen molar-refractivity contribution < 1.29 is 14.3 Å². The first kappa shape index (κ1) is 18.6. The summed E-state index contributed by atoms with van der Waals surface area (Å²) in [5.41, 5.74) is 0.730. The average molecular weight is 316 g/mol. The quantitative estimate of drug-likeness (QED) is 0.839. The Hall–Kier alpha value is -2.48. The number of hydrogen-bond acceptors (Lipinski definition) is 3. The molecule has 0 saturated carbocycles. The minimum absolute atomic E-state index is 0.0903. The van der Waals surface area contributed by atoms with Crippen molar-refractivity contribution in [3.63, 3.8) is 0 Å². The zero-order chi connectivity index (χ0) is 17.6. The van der Waals surface area contributed by atoms with Crippen LogP contribution in [0.25, 0.3) is 0 Å². The summed E-state index contributed by atoms with van der Waals surface area (Å²) in [6.45, 7) is 9.00. The topological polar surface area (TPSA) is 67.4 Å². The Morgan fingerprint density at radius 2 is 1.74 bits per heavy atom. The number of amides is 2. The first-order chi connectivity index (χ1) is 10.6. The molecule has 2 amide bonds. The molecular formula is C18H24N2O3. The van der Waals surface area contributed by atoms with E-state index in [4.69, 9.17) is 11.2 Å². The minimum atomic E-state index is -0.697. The Morgan fingerprint density at radius 3 is 2.17 bits per heavy atom. The van der Waals surface area contributed by atoms with E-state index in [1.807, 2.05) is 13.8 Å². The number of nitrogens with one attached hydrogen (secondary N) is 2. The second kappa shape index (κ2) is 7.68. The molecule has 1 aromatic carbocycles. The largest absolute Gasteiger partial charge is 0.444 e. The molecule has 0 fully saturated rings. The van der Waals surface area contributed by atoms with Gasteiger partial charge in [0.05, 0.1) is 0 Å². The lowest BCUT2D eigenvalue weighted by atomic mass is 10.0. The molecule has 0 saturated heterocycles. The summed E-state index contributed by atoms with van der Waals surface area (Å²) in [5, 5.41) is 5.38. The molecule has 1 rings (SSSR count). The highest BCUT2D eigenvalue weighted by molar-refractivity contribution is 5.96. The Morgan fingerprint density at radius 1 is 1.17 bits per heavy atom. The molecule has 1 atom stereocenters. The third kappa shape index (κ3) is 6.43. The van der Waals surface area contributed by atoms with E-state index >= 15 is 0 Å². The summed E-state index contributed by atoms with van der Waals surface area (Å²) in [7, 11) is 0. The third-order valence-electron chi connectivity index (χ3n) is 2.94. The van der Waals surface area contributed by atoms with Crippen molar-refractivity contribution in [1.29, 1.82) is 0 Å². The summed E-state index contributed by atoms with van der Waals surface area (Å²) >= 11 is 0. The van der Waals surface area contributed by atoms with Crippen molar-refractivity contribution in [2.75, 3.05) is 5.32 Å². The molecule has 0 aliphatic carbocycles. The van der Waals surface area contributed by atoms with Crippen molar-refractivity contribution in [1.82, 2.24) is 5.32 Å². The smallest absolute Gasteiger partial charge is 0.408 e. The van der Waals surface area contributed by atoms with E-state index in [9.17, 15) is 9.59 Å². The number of rotatable bonds is 4. The van der Waals surface area contributed by atoms with Gasteiger partial charge in [-0.2, -0.15) is 0 Å². The SMILES string of the molecule is C#Cc1ccc(NC(=O)[C@H](NC(=O)OC(C)(C)C)C(C)C)cc1. The van der Waals surface area contributed by atoms with Crippen LogP contribution in [-0.4, -0.2) is 23.6 Å². The number of alkyl carbamates (subject to hydrolysis) is 1. The van der Waals surface area contributed by atoms with Gasteiger partial charge in [0, 0.05) is 11.3 Å². The van der Waals surface area contributed by atoms with E-state index in [2.05, 4.69) is 16.6 Å². The van der Waals surface area contributed by atoms with Gasteiger partial charge < -0.3 is 15.4 Å². The summed E-state index contributed by atoms with van der Waals surface area (Å²) in [6, 6.07) is 6.22. The maximum Gasteiger partial charge on any atom is 0.408 e. The van der Waals surface area contributed by atoms with E-state index in [0.29, 0.717) is 5.69 Å². The van der Waals surface area contributed by atoms with Gasteiger partial charge in [0.25, 0.3) is 0 Å². The van der Waals surface area contributed by atoms with Crippen LogP contribution in [0, 0.1) is 18.3 Å².